The minimum atomic E-state index is -4.32. The van der Waals surface area contributed by atoms with Crippen LogP contribution in [0.25, 0.3) is 4.98 Å². The van der Waals surface area contributed by atoms with E-state index in [0.29, 0.717) is 0 Å². The van der Waals surface area contributed by atoms with Crippen LogP contribution >= 0.6 is 0 Å². The Morgan fingerprint density at radius 1 is 1.06 bits per heavy atom. The molecule has 10 heteroatoms. The summed E-state index contributed by atoms with van der Waals surface area (Å²) in [6.07, 6.45) is -3.85. The average molecular weight is 460 g/mol. The molecule has 0 radical (unpaired) electrons. The first-order valence-electron chi connectivity index (χ1n) is 9.98. The largest absolute Gasteiger partial charge is 0.518 e. The highest BCUT2D eigenvalue weighted by atomic mass is 32.2. The normalized spacial score (nSPS) is 27.4. The van der Waals surface area contributed by atoms with E-state index in [1.807, 2.05) is 30.3 Å². The molecule has 2 aromatic rings. The summed E-state index contributed by atoms with van der Waals surface area (Å²) in [5, 5.41) is 19.4. The molecular formula is C22H23N2O7S+. The van der Waals surface area contributed by atoms with E-state index in [-0.39, 0.29) is 11.5 Å². The van der Waals surface area contributed by atoms with Crippen molar-refractivity contribution in [3.05, 3.63) is 82.0 Å². The fourth-order valence-electron chi connectivity index (χ4n) is 3.74. The predicted octanol–water partition coefficient (Wildman–Crippen LogP) is 3.50. The highest BCUT2D eigenvalue weighted by Gasteiger charge is 2.59. The van der Waals surface area contributed by atoms with Gasteiger partial charge >= 0.3 is 5.03 Å². The van der Waals surface area contributed by atoms with Crippen molar-refractivity contribution in [1.82, 2.24) is 0 Å². The Labute approximate surface area is 185 Å². The topological polar surface area (TPSA) is 119 Å². The van der Waals surface area contributed by atoms with Gasteiger partial charge in [0.15, 0.2) is 23.2 Å². The van der Waals surface area contributed by atoms with E-state index < -0.39 is 51.0 Å². The standard InChI is InChI=1S/C22H22N2O7S/c1-22(2)30-18-17(16(25)20(24-23)32(26,27)15-11-7-4-8-12-15)29-21(19(18)31-22)28-13-14-9-5-3-6-10-14/h3-12,17-19,21H,13H2,1-2H3/p+1/b20-16-/t17-,18+,19+,21+/m1/s1. The van der Waals surface area contributed by atoms with Crippen LogP contribution in [-0.2, 0) is 35.4 Å². The third-order valence-electron chi connectivity index (χ3n) is 5.16. The Bertz CT molecular complexity index is 1140. The van der Waals surface area contributed by atoms with Gasteiger partial charge in [0.1, 0.15) is 12.2 Å². The molecule has 2 heterocycles. The smallest absolute Gasteiger partial charge is 0.502 e. The Balaban J connectivity index is 1.64. The number of aliphatic hydroxyl groups is 1. The molecular weight excluding hydrogens is 436 g/mol. The van der Waals surface area contributed by atoms with E-state index in [0.717, 1.165) is 5.56 Å². The van der Waals surface area contributed by atoms with Crippen molar-refractivity contribution in [1.29, 1.82) is 5.39 Å². The van der Waals surface area contributed by atoms with Gasteiger partial charge in [-0.15, -0.1) is 0 Å². The summed E-state index contributed by atoms with van der Waals surface area (Å²) in [6.45, 7) is 3.58. The highest BCUT2D eigenvalue weighted by molar-refractivity contribution is 7.95. The molecule has 0 unspecified atom stereocenters. The van der Waals surface area contributed by atoms with Gasteiger partial charge in [-0.3, -0.25) is 0 Å². The quantitative estimate of drug-likeness (QED) is 0.515. The second-order valence-corrected chi connectivity index (χ2v) is 9.76. The molecule has 2 fully saturated rings. The maximum Gasteiger partial charge on any atom is 0.518 e. The number of aliphatic hydroxyl groups excluding tert-OH is 1. The summed E-state index contributed by atoms with van der Waals surface area (Å²) in [6, 6.07) is 16.7. The molecule has 1 N–H and O–H groups in total. The molecule has 0 amide bonds. The maximum absolute atomic E-state index is 12.9. The Morgan fingerprint density at radius 2 is 1.66 bits per heavy atom. The number of nitrogens with zero attached hydrogens (tertiary/aromatic N) is 2. The maximum atomic E-state index is 12.9. The lowest BCUT2D eigenvalue weighted by molar-refractivity contribution is -0.234. The van der Waals surface area contributed by atoms with Gasteiger partial charge in [-0.25, -0.2) is 8.42 Å². The molecule has 32 heavy (non-hydrogen) atoms. The highest BCUT2D eigenvalue weighted by Crippen LogP contribution is 2.42. The van der Waals surface area contributed by atoms with E-state index in [9.17, 15) is 18.9 Å². The van der Waals surface area contributed by atoms with Gasteiger partial charge in [-0.2, -0.15) is 0 Å². The van der Waals surface area contributed by atoms with Crippen LogP contribution in [0.1, 0.15) is 19.4 Å². The van der Waals surface area contributed by atoms with E-state index in [1.54, 1.807) is 19.9 Å². The van der Waals surface area contributed by atoms with Crippen molar-refractivity contribution in [2.24, 2.45) is 0 Å². The van der Waals surface area contributed by atoms with Gasteiger partial charge < -0.3 is 24.1 Å². The van der Waals surface area contributed by atoms with Gasteiger partial charge in [0.2, 0.25) is 11.2 Å². The number of hydrogen-bond donors (Lipinski definition) is 1. The van der Waals surface area contributed by atoms with Crippen LogP contribution in [0.15, 0.2) is 76.3 Å². The summed E-state index contributed by atoms with van der Waals surface area (Å²) in [5.41, 5.74) is 0.895. The van der Waals surface area contributed by atoms with Crippen molar-refractivity contribution < 1.29 is 32.5 Å². The molecule has 168 valence electrons. The summed E-state index contributed by atoms with van der Waals surface area (Å²) < 4.78 is 49.3. The summed E-state index contributed by atoms with van der Waals surface area (Å²) >= 11 is 0. The SMILES string of the molecule is CC1(C)O[C@@H]2[C@@H](OCc3ccccc3)O[C@H](/C(O)=C(\[N+]#N)S(=O)(=O)c3ccccc3)[C@@H]2O1. The summed E-state index contributed by atoms with van der Waals surface area (Å²) in [7, 11) is -4.32. The minimum absolute atomic E-state index is 0.144. The van der Waals surface area contributed by atoms with E-state index in [4.69, 9.17) is 18.9 Å². The Morgan fingerprint density at radius 3 is 2.28 bits per heavy atom. The zero-order valence-corrected chi connectivity index (χ0v) is 18.3. The van der Waals surface area contributed by atoms with Gasteiger partial charge in [0.25, 0.3) is 9.84 Å². The first-order valence-corrected chi connectivity index (χ1v) is 11.5. The third kappa shape index (κ3) is 4.26. The number of hydrogen-bond acceptors (Lipinski definition) is 8. The number of fused-ring (bicyclic) bond motifs is 1. The van der Waals surface area contributed by atoms with Crippen LogP contribution in [0.4, 0.5) is 0 Å². The lowest BCUT2D eigenvalue weighted by Crippen LogP contribution is -2.32. The van der Waals surface area contributed by atoms with Crippen LogP contribution in [0.3, 0.4) is 0 Å². The third-order valence-corrected chi connectivity index (χ3v) is 6.85. The van der Waals surface area contributed by atoms with Crippen LogP contribution in [0, 0.1) is 5.39 Å². The molecule has 4 rings (SSSR count). The lowest BCUT2D eigenvalue weighted by atomic mass is 10.1. The number of ether oxygens (including phenoxy) is 4. The van der Waals surface area contributed by atoms with Crippen molar-refractivity contribution in [2.75, 3.05) is 0 Å². The van der Waals surface area contributed by atoms with E-state index in [2.05, 4.69) is 4.98 Å². The van der Waals surface area contributed by atoms with Crippen LogP contribution in [-0.4, -0.2) is 43.9 Å². The second kappa shape index (κ2) is 8.61. The molecule has 2 aromatic carbocycles. The van der Waals surface area contributed by atoms with Crippen molar-refractivity contribution in [2.45, 2.75) is 55.7 Å². The zero-order valence-electron chi connectivity index (χ0n) is 17.5. The van der Waals surface area contributed by atoms with Crippen molar-refractivity contribution >= 4 is 9.84 Å². The average Bonchev–Trinajstić information content (AvgIpc) is 3.26. The molecule has 2 saturated heterocycles. The fourth-order valence-corrected chi connectivity index (χ4v) is 4.98. The zero-order chi connectivity index (χ0) is 22.9. The molecule has 0 saturated carbocycles. The van der Waals surface area contributed by atoms with Gasteiger partial charge in [-0.05, 0) is 31.5 Å². The minimum Gasteiger partial charge on any atom is -0.502 e. The van der Waals surface area contributed by atoms with Crippen LogP contribution in [0.5, 0.6) is 0 Å². The monoisotopic (exact) mass is 459 g/mol. The van der Waals surface area contributed by atoms with Gasteiger partial charge in [0.05, 0.1) is 11.5 Å². The number of benzene rings is 2. The van der Waals surface area contributed by atoms with Gasteiger partial charge in [0, 0.05) is 0 Å². The number of diazo groups is 1. The summed E-state index contributed by atoms with van der Waals surface area (Å²) in [5.74, 6) is -1.81. The molecule has 0 spiro atoms. The second-order valence-electron chi connectivity index (χ2n) is 7.89. The Hall–Kier alpha value is -2.81. The first kappa shape index (κ1) is 22.4. The lowest BCUT2D eigenvalue weighted by Gasteiger charge is -2.23. The predicted molar refractivity (Wildman–Crippen MR) is 112 cm³/mol. The van der Waals surface area contributed by atoms with E-state index >= 15 is 0 Å². The molecule has 2 aliphatic rings. The Kier molecular flexibility index (Phi) is 6.03. The van der Waals surface area contributed by atoms with Crippen molar-refractivity contribution in [3.63, 3.8) is 0 Å². The van der Waals surface area contributed by atoms with Crippen molar-refractivity contribution in [3.8, 4) is 0 Å². The first-order chi connectivity index (χ1) is 15.2. The molecule has 4 atom stereocenters. The number of sulfone groups is 1. The van der Waals surface area contributed by atoms with Crippen LogP contribution in [0.2, 0.25) is 0 Å². The van der Waals surface area contributed by atoms with Crippen LogP contribution < -0.4 is 0 Å². The van der Waals surface area contributed by atoms with E-state index in [1.165, 1.54) is 24.3 Å². The summed E-state index contributed by atoms with van der Waals surface area (Å²) in [4.78, 5) is 2.73. The molecule has 2 aliphatic heterocycles. The molecule has 0 bridgehead atoms. The molecule has 9 nitrogen and oxygen atoms in total. The fraction of sp³-hybridized carbons (Fsp3) is 0.364. The number of rotatable bonds is 6. The molecule has 0 aliphatic carbocycles. The van der Waals surface area contributed by atoms with Gasteiger partial charge in [-0.1, -0.05) is 48.5 Å². The molecule has 0 aromatic heterocycles.